The molecule has 2 aromatic rings. The lowest BCUT2D eigenvalue weighted by Crippen LogP contribution is -2.14. The Balaban J connectivity index is 2.29. The number of hydrogen-bond acceptors (Lipinski definition) is 0. The van der Waals surface area contributed by atoms with Crippen molar-refractivity contribution in [3.63, 3.8) is 0 Å². The average Bonchev–Trinajstić information content (AvgIpc) is 2.62. The van der Waals surface area contributed by atoms with Crippen LogP contribution >= 0.6 is 0 Å². The van der Waals surface area contributed by atoms with E-state index in [9.17, 15) is 35.1 Å². The first-order valence-electron chi connectivity index (χ1n) is 7.94. The van der Waals surface area contributed by atoms with E-state index < -0.39 is 69.1 Å². The second-order valence-electron chi connectivity index (χ2n) is 6.22. The van der Waals surface area contributed by atoms with Crippen LogP contribution in [-0.2, 0) is 0 Å². The van der Waals surface area contributed by atoms with Crippen LogP contribution in [0.2, 0.25) is 0 Å². The molecule has 0 aliphatic heterocycles. The zero-order chi connectivity index (χ0) is 19.2. The highest BCUT2D eigenvalue weighted by molar-refractivity contribution is 5.67. The van der Waals surface area contributed by atoms with E-state index in [2.05, 4.69) is 0 Å². The van der Waals surface area contributed by atoms with Gasteiger partial charge in [-0.2, -0.15) is 0 Å². The minimum absolute atomic E-state index is 0.174. The molecule has 1 saturated carbocycles. The van der Waals surface area contributed by atoms with Gasteiger partial charge in [-0.1, -0.05) is 19.3 Å². The molecule has 0 nitrogen and oxygen atoms in total. The Morgan fingerprint density at radius 3 is 1.42 bits per heavy atom. The summed E-state index contributed by atoms with van der Waals surface area (Å²) in [7, 11) is 0. The van der Waals surface area contributed by atoms with E-state index in [0.29, 0.717) is 25.7 Å². The summed E-state index contributed by atoms with van der Waals surface area (Å²) >= 11 is 0. The quantitative estimate of drug-likeness (QED) is 0.411. The smallest absolute Gasteiger partial charge is 0.170 e. The van der Waals surface area contributed by atoms with Crippen LogP contribution in [0.15, 0.2) is 6.07 Å². The van der Waals surface area contributed by atoms with Gasteiger partial charge >= 0.3 is 0 Å². The molecule has 1 fully saturated rings. The molecule has 3 rings (SSSR count). The number of halogens is 8. The van der Waals surface area contributed by atoms with Crippen molar-refractivity contribution < 1.29 is 35.1 Å². The average molecular weight is 380 g/mol. The van der Waals surface area contributed by atoms with Gasteiger partial charge in [0.25, 0.3) is 0 Å². The lowest BCUT2D eigenvalue weighted by molar-refractivity contribution is 0.383. The standard InChI is InChI=1S/C18H12F8/c19-8-6-9(20)14(22)11(13(8)21)12-17(25)15(23)10(16(24)18(12)26)7-4-2-1-3-5-7/h6-7H,1-5H2. The molecule has 0 radical (unpaired) electrons. The Hall–Kier alpha value is -2.12. The van der Waals surface area contributed by atoms with E-state index in [1.54, 1.807) is 0 Å². The molecule has 0 spiro atoms. The number of benzene rings is 2. The molecule has 0 heterocycles. The largest absolute Gasteiger partial charge is 0.204 e. The first kappa shape index (κ1) is 18.7. The predicted molar refractivity (Wildman–Crippen MR) is 77.4 cm³/mol. The maximum Gasteiger partial charge on any atom is 0.170 e. The molecule has 0 N–H and O–H groups in total. The van der Waals surface area contributed by atoms with Crippen LogP contribution in [0.3, 0.4) is 0 Å². The van der Waals surface area contributed by atoms with E-state index in [0.717, 1.165) is 6.42 Å². The van der Waals surface area contributed by atoms with E-state index in [-0.39, 0.29) is 6.07 Å². The van der Waals surface area contributed by atoms with E-state index >= 15 is 0 Å². The summed E-state index contributed by atoms with van der Waals surface area (Å²) in [6, 6.07) is -0.174. The predicted octanol–water partition coefficient (Wildman–Crippen LogP) is 6.51. The van der Waals surface area contributed by atoms with Gasteiger partial charge in [0.15, 0.2) is 46.5 Å². The Kier molecular flexibility index (Phi) is 4.94. The van der Waals surface area contributed by atoms with Crippen molar-refractivity contribution in [2.45, 2.75) is 38.0 Å². The Bertz CT molecular complexity index is 813. The molecule has 140 valence electrons. The van der Waals surface area contributed by atoms with Crippen LogP contribution in [0.4, 0.5) is 35.1 Å². The number of rotatable bonds is 2. The van der Waals surface area contributed by atoms with Gasteiger partial charge < -0.3 is 0 Å². The molecule has 1 aliphatic rings. The third kappa shape index (κ3) is 2.85. The van der Waals surface area contributed by atoms with Crippen molar-refractivity contribution in [2.24, 2.45) is 0 Å². The number of hydrogen-bond donors (Lipinski definition) is 0. The molecular weight excluding hydrogens is 368 g/mol. The second kappa shape index (κ2) is 6.89. The molecule has 0 saturated heterocycles. The molecule has 0 aromatic heterocycles. The maximum atomic E-state index is 14.4. The molecule has 8 heteroatoms. The van der Waals surface area contributed by atoms with E-state index in [1.807, 2.05) is 0 Å². The first-order valence-corrected chi connectivity index (χ1v) is 7.94. The molecule has 2 aromatic carbocycles. The Morgan fingerprint density at radius 2 is 0.962 bits per heavy atom. The molecule has 0 bridgehead atoms. The van der Waals surface area contributed by atoms with Crippen LogP contribution in [0, 0.1) is 46.5 Å². The van der Waals surface area contributed by atoms with Crippen LogP contribution in [0.25, 0.3) is 11.1 Å². The maximum absolute atomic E-state index is 14.4. The molecule has 0 unspecified atom stereocenters. The minimum Gasteiger partial charge on any atom is -0.204 e. The van der Waals surface area contributed by atoms with Gasteiger partial charge in [0, 0.05) is 11.6 Å². The summed E-state index contributed by atoms with van der Waals surface area (Å²) in [5.41, 5.74) is -4.49. The highest BCUT2D eigenvalue weighted by atomic mass is 19.2. The van der Waals surface area contributed by atoms with Crippen LogP contribution in [-0.4, -0.2) is 0 Å². The molecule has 26 heavy (non-hydrogen) atoms. The van der Waals surface area contributed by atoms with E-state index in [1.165, 1.54) is 0 Å². The van der Waals surface area contributed by atoms with Crippen molar-refractivity contribution in [2.75, 3.05) is 0 Å². The van der Waals surface area contributed by atoms with Crippen molar-refractivity contribution in [3.8, 4) is 11.1 Å². The summed E-state index contributed by atoms with van der Waals surface area (Å²) < 4.78 is 112. The third-order valence-corrected chi connectivity index (χ3v) is 4.67. The lowest BCUT2D eigenvalue weighted by atomic mass is 9.82. The highest BCUT2D eigenvalue weighted by Crippen LogP contribution is 2.41. The van der Waals surface area contributed by atoms with Gasteiger partial charge in [0.05, 0.1) is 11.1 Å². The highest BCUT2D eigenvalue weighted by Gasteiger charge is 2.34. The summed E-state index contributed by atoms with van der Waals surface area (Å²) in [4.78, 5) is 0. The zero-order valence-corrected chi connectivity index (χ0v) is 13.2. The lowest BCUT2D eigenvalue weighted by Gasteiger charge is -2.24. The molecular formula is C18H12F8. The van der Waals surface area contributed by atoms with E-state index in [4.69, 9.17) is 0 Å². The summed E-state index contributed by atoms with van der Waals surface area (Å²) in [6.07, 6.45) is 2.61. The Labute approximate surface area is 143 Å². The fourth-order valence-electron chi connectivity index (χ4n) is 3.41. The van der Waals surface area contributed by atoms with Gasteiger partial charge in [-0.05, 0) is 18.8 Å². The minimum atomic E-state index is -2.15. The molecule has 0 amide bonds. The molecule has 1 aliphatic carbocycles. The van der Waals surface area contributed by atoms with Crippen molar-refractivity contribution in [1.82, 2.24) is 0 Å². The van der Waals surface area contributed by atoms with Gasteiger partial charge in [-0.3, -0.25) is 0 Å². The van der Waals surface area contributed by atoms with Gasteiger partial charge in [-0.25, -0.2) is 35.1 Å². The topological polar surface area (TPSA) is 0 Å². The van der Waals surface area contributed by atoms with Crippen LogP contribution < -0.4 is 0 Å². The van der Waals surface area contributed by atoms with Gasteiger partial charge in [0.2, 0.25) is 0 Å². The molecule has 0 atom stereocenters. The van der Waals surface area contributed by atoms with Crippen molar-refractivity contribution in [3.05, 3.63) is 58.2 Å². The van der Waals surface area contributed by atoms with Crippen LogP contribution in [0.5, 0.6) is 0 Å². The SMILES string of the molecule is Fc1cc(F)c(F)c(-c2c(F)c(F)c(C3CCCCC3)c(F)c2F)c1F. The van der Waals surface area contributed by atoms with Crippen molar-refractivity contribution >= 4 is 0 Å². The van der Waals surface area contributed by atoms with Gasteiger partial charge in [0.1, 0.15) is 0 Å². The third-order valence-electron chi connectivity index (χ3n) is 4.67. The second-order valence-corrected chi connectivity index (χ2v) is 6.22. The Morgan fingerprint density at radius 1 is 0.538 bits per heavy atom. The van der Waals surface area contributed by atoms with Crippen LogP contribution in [0.1, 0.15) is 43.6 Å². The normalized spacial score (nSPS) is 15.5. The zero-order valence-electron chi connectivity index (χ0n) is 13.2. The monoisotopic (exact) mass is 380 g/mol. The van der Waals surface area contributed by atoms with Crippen molar-refractivity contribution in [1.29, 1.82) is 0 Å². The van der Waals surface area contributed by atoms with Gasteiger partial charge in [-0.15, -0.1) is 0 Å². The summed E-state index contributed by atoms with van der Waals surface area (Å²) in [5.74, 6) is -16.8. The first-order chi connectivity index (χ1) is 12.3. The fourth-order valence-corrected chi connectivity index (χ4v) is 3.41. The summed E-state index contributed by atoms with van der Waals surface area (Å²) in [6.45, 7) is 0. The summed E-state index contributed by atoms with van der Waals surface area (Å²) in [5, 5.41) is 0. The fraction of sp³-hybridized carbons (Fsp3) is 0.333.